The molecule has 6 heteroatoms. The summed E-state index contributed by atoms with van der Waals surface area (Å²) in [5.41, 5.74) is 0.761. The molecule has 0 unspecified atom stereocenters. The minimum Gasteiger partial charge on any atom is -0.493 e. The van der Waals surface area contributed by atoms with Gasteiger partial charge in [-0.2, -0.15) is 0 Å². The number of rotatable bonds is 4. The number of likely N-dealkylation sites (tertiary alicyclic amines) is 1. The Hall–Kier alpha value is -2.73. The molecular formula is C20H23N3O3. The summed E-state index contributed by atoms with van der Waals surface area (Å²) in [4.78, 5) is 14.5. The molecule has 0 aliphatic carbocycles. The van der Waals surface area contributed by atoms with E-state index < -0.39 is 0 Å². The molecule has 2 amide bonds. The van der Waals surface area contributed by atoms with Gasteiger partial charge in [0.2, 0.25) is 0 Å². The fourth-order valence-electron chi connectivity index (χ4n) is 3.73. The SMILES string of the molecule is COc1ccccc1Oc1ccc(NC(=O)N2CC[C@H]3CNC[C@H]32)cc1. The summed E-state index contributed by atoms with van der Waals surface area (Å²) < 4.78 is 11.2. The first-order valence-electron chi connectivity index (χ1n) is 8.94. The fraction of sp³-hybridized carbons (Fsp3) is 0.350. The molecule has 26 heavy (non-hydrogen) atoms. The molecule has 2 saturated heterocycles. The maximum atomic E-state index is 12.6. The lowest BCUT2D eigenvalue weighted by Crippen LogP contribution is -2.41. The second-order valence-electron chi connectivity index (χ2n) is 6.68. The quantitative estimate of drug-likeness (QED) is 0.885. The van der Waals surface area contributed by atoms with Gasteiger partial charge in [-0.05, 0) is 48.7 Å². The van der Waals surface area contributed by atoms with E-state index >= 15 is 0 Å². The molecule has 0 radical (unpaired) electrons. The number of amides is 2. The highest BCUT2D eigenvalue weighted by Gasteiger charge is 2.39. The van der Waals surface area contributed by atoms with Crippen LogP contribution in [0.4, 0.5) is 10.5 Å². The van der Waals surface area contributed by atoms with Crippen LogP contribution in [0.25, 0.3) is 0 Å². The number of methoxy groups -OCH3 is 1. The molecule has 0 aromatic heterocycles. The number of anilines is 1. The van der Waals surface area contributed by atoms with Gasteiger partial charge < -0.3 is 25.0 Å². The van der Waals surface area contributed by atoms with Crippen LogP contribution in [0.3, 0.4) is 0 Å². The molecular weight excluding hydrogens is 330 g/mol. The lowest BCUT2D eigenvalue weighted by atomic mass is 10.1. The number of benzene rings is 2. The van der Waals surface area contributed by atoms with E-state index in [0.717, 1.165) is 31.7 Å². The smallest absolute Gasteiger partial charge is 0.322 e. The van der Waals surface area contributed by atoms with Crippen molar-refractivity contribution in [2.24, 2.45) is 5.92 Å². The van der Waals surface area contributed by atoms with E-state index in [1.165, 1.54) is 0 Å². The van der Waals surface area contributed by atoms with Crippen molar-refractivity contribution in [3.05, 3.63) is 48.5 Å². The molecule has 2 aliphatic heterocycles. The molecule has 0 spiro atoms. The Morgan fingerprint density at radius 3 is 2.65 bits per heavy atom. The molecule has 2 aromatic carbocycles. The van der Waals surface area contributed by atoms with E-state index in [1.54, 1.807) is 7.11 Å². The van der Waals surface area contributed by atoms with E-state index in [-0.39, 0.29) is 6.03 Å². The third-order valence-corrected chi connectivity index (χ3v) is 5.11. The predicted octanol–water partition coefficient (Wildman–Crippen LogP) is 3.31. The molecule has 2 heterocycles. The topological polar surface area (TPSA) is 62.8 Å². The molecule has 0 saturated carbocycles. The first kappa shape index (κ1) is 16.7. The Bertz CT molecular complexity index is 778. The van der Waals surface area contributed by atoms with E-state index in [2.05, 4.69) is 10.6 Å². The predicted molar refractivity (Wildman–Crippen MR) is 100.0 cm³/mol. The zero-order chi connectivity index (χ0) is 17.9. The van der Waals surface area contributed by atoms with Gasteiger partial charge in [0, 0.05) is 31.4 Å². The number of ether oxygens (including phenoxy) is 2. The fourth-order valence-corrected chi connectivity index (χ4v) is 3.73. The lowest BCUT2D eigenvalue weighted by molar-refractivity contribution is 0.206. The molecule has 136 valence electrons. The Balaban J connectivity index is 1.39. The Labute approximate surface area is 153 Å². The summed E-state index contributed by atoms with van der Waals surface area (Å²) >= 11 is 0. The number of carbonyl (C=O) groups excluding carboxylic acids is 1. The summed E-state index contributed by atoms with van der Waals surface area (Å²) in [5.74, 6) is 2.62. The summed E-state index contributed by atoms with van der Waals surface area (Å²) in [7, 11) is 1.61. The van der Waals surface area contributed by atoms with Gasteiger partial charge in [0.05, 0.1) is 7.11 Å². The van der Waals surface area contributed by atoms with E-state index in [0.29, 0.717) is 29.2 Å². The zero-order valence-corrected chi connectivity index (χ0v) is 14.8. The van der Waals surface area contributed by atoms with Crippen molar-refractivity contribution in [1.82, 2.24) is 10.2 Å². The zero-order valence-electron chi connectivity index (χ0n) is 14.8. The van der Waals surface area contributed by atoms with Gasteiger partial charge in [0.1, 0.15) is 5.75 Å². The van der Waals surface area contributed by atoms with Crippen molar-refractivity contribution < 1.29 is 14.3 Å². The highest BCUT2D eigenvalue weighted by atomic mass is 16.5. The van der Waals surface area contributed by atoms with Crippen LogP contribution in [-0.2, 0) is 0 Å². The average Bonchev–Trinajstić information content (AvgIpc) is 3.27. The highest BCUT2D eigenvalue weighted by Crippen LogP contribution is 2.32. The number of nitrogens with one attached hydrogen (secondary N) is 2. The highest BCUT2D eigenvalue weighted by molar-refractivity contribution is 5.89. The minimum absolute atomic E-state index is 0.0282. The maximum Gasteiger partial charge on any atom is 0.322 e. The minimum atomic E-state index is -0.0282. The Kier molecular flexibility index (Phi) is 4.67. The molecule has 0 bridgehead atoms. The van der Waals surface area contributed by atoms with Crippen LogP contribution >= 0.6 is 0 Å². The number of fused-ring (bicyclic) bond motifs is 1. The second kappa shape index (κ2) is 7.25. The van der Waals surface area contributed by atoms with Crippen LogP contribution in [0.1, 0.15) is 6.42 Å². The van der Waals surface area contributed by atoms with Crippen LogP contribution in [0.15, 0.2) is 48.5 Å². The molecule has 6 nitrogen and oxygen atoms in total. The molecule has 2 aromatic rings. The van der Waals surface area contributed by atoms with Crippen LogP contribution < -0.4 is 20.1 Å². The molecule has 2 N–H and O–H groups in total. The van der Waals surface area contributed by atoms with Crippen LogP contribution in [0, 0.1) is 5.92 Å². The number of para-hydroxylation sites is 2. The maximum absolute atomic E-state index is 12.6. The van der Waals surface area contributed by atoms with Crippen molar-refractivity contribution in [2.45, 2.75) is 12.5 Å². The normalized spacial score (nSPS) is 21.3. The number of nitrogens with zero attached hydrogens (tertiary/aromatic N) is 1. The Morgan fingerprint density at radius 1 is 1.12 bits per heavy atom. The third-order valence-electron chi connectivity index (χ3n) is 5.11. The van der Waals surface area contributed by atoms with Crippen LogP contribution in [-0.4, -0.2) is 43.7 Å². The van der Waals surface area contributed by atoms with Crippen LogP contribution in [0.2, 0.25) is 0 Å². The van der Waals surface area contributed by atoms with Crippen molar-refractivity contribution in [1.29, 1.82) is 0 Å². The molecule has 4 rings (SSSR count). The number of hydrogen-bond donors (Lipinski definition) is 2. The monoisotopic (exact) mass is 353 g/mol. The van der Waals surface area contributed by atoms with Crippen molar-refractivity contribution in [3.8, 4) is 17.2 Å². The van der Waals surface area contributed by atoms with Gasteiger partial charge in [-0.1, -0.05) is 12.1 Å². The summed E-state index contributed by atoms with van der Waals surface area (Å²) in [6.07, 6.45) is 1.08. The summed E-state index contributed by atoms with van der Waals surface area (Å²) in [6.45, 7) is 2.74. The van der Waals surface area contributed by atoms with Crippen LogP contribution in [0.5, 0.6) is 17.2 Å². The van der Waals surface area contributed by atoms with E-state index in [4.69, 9.17) is 9.47 Å². The largest absolute Gasteiger partial charge is 0.493 e. The van der Waals surface area contributed by atoms with E-state index in [1.807, 2.05) is 53.4 Å². The standard InChI is InChI=1S/C20H23N3O3/c1-25-18-4-2-3-5-19(18)26-16-8-6-15(7-9-16)22-20(24)23-11-10-14-12-21-13-17(14)23/h2-9,14,17,21H,10-13H2,1H3,(H,22,24)/t14-,17+/m0/s1. The van der Waals surface area contributed by atoms with Gasteiger partial charge in [0.25, 0.3) is 0 Å². The van der Waals surface area contributed by atoms with Crippen molar-refractivity contribution >= 4 is 11.7 Å². The number of hydrogen-bond acceptors (Lipinski definition) is 4. The molecule has 2 atom stereocenters. The van der Waals surface area contributed by atoms with Crippen molar-refractivity contribution in [3.63, 3.8) is 0 Å². The summed E-state index contributed by atoms with van der Waals surface area (Å²) in [6, 6.07) is 15.2. The number of urea groups is 1. The summed E-state index contributed by atoms with van der Waals surface area (Å²) in [5, 5.41) is 6.35. The van der Waals surface area contributed by atoms with E-state index in [9.17, 15) is 4.79 Å². The number of carbonyl (C=O) groups is 1. The molecule has 2 aliphatic rings. The first-order chi connectivity index (χ1) is 12.7. The Morgan fingerprint density at radius 2 is 1.88 bits per heavy atom. The van der Waals surface area contributed by atoms with Gasteiger partial charge in [-0.15, -0.1) is 0 Å². The lowest BCUT2D eigenvalue weighted by Gasteiger charge is -2.23. The van der Waals surface area contributed by atoms with Gasteiger partial charge >= 0.3 is 6.03 Å². The van der Waals surface area contributed by atoms with Gasteiger partial charge in [0.15, 0.2) is 11.5 Å². The van der Waals surface area contributed by atoms with Gasteiger partial charge in [-0.25, -0.2) is 4.79 Å². The molecule has 2 fully saturated rings. The first-order valence-corrected chi connectivity index (χ1v) is 8.94. The second-order valence-corrected chi connectivity index (χ2v) is 6.68. The third kappa shape index (κ3) is 3.32. The van der Waals surface area contributed by atoms with Crippen molar-refractivity contribution in [2.75, 3.05) is 32.1 Å². The average molecular weight is 353 g/mol. The van der Waals surface area contributed by atoms with Gasteiger partial charge in [-0.3, -0.25) is 0 Å².